The molecule has 1 aromatic heterocycles. The van der Waals surface area contributed by atoms with E-state index < -0.39 is 0 Å². The first-order chi connectivity index (χ1) is 8.74. The Labute approximate surface area is 109 Å². The molecule has 2 heterocycles. The first-order valence-corrected chi connectivity index (χ1v) is 6.12. The van der Waals surface area contributed by atoms with Crippen LogP contribution in [0.4, 0.5) is 5.69 Å². The van der Waals surface area contributed by atoms with Crippen LogP contribution in [0.25, 0.3) is 11.5 Å². The number of nitrogens with two attached hydrogens (primary N) is 1. The smallest absolute Gasteiger partial charge is 0.259 e. The summed E-state index contributed by atoms with van der Waals surface area (Å²) in [5.41, 5.74) is 6.92. The lowest BCUT2D eigenvalue weighted by atomic mass is 10.2. The molecule has 0 saturated carbocycles. The zero-order valence-electron chi connectivity index (χ0n) is 9.60. The monoisotopic (exact) mass is 265 g/mol. The highest BCUT2D eigenvalue weighted by Crippen LogP contribution is 2.31. The summed E-state index contributed by atoms with van der Waals surface area (Å²) >= 11 is 6.09. The van der Waals surface area contributed by atoms with Gasteiger partial charge in [-0.25, -0.2) is 0 Å². The van der Waals surface area contributed by atoms with E-state index >= 15 is 0 Å². The summed E-state index contributed by atoms with van der Waals surface area (Å²) in [6.45, 7) is 0.747. The topological polar surface area (TPSA) is 74.2 Å². The third-order valence-corrected chi connectivity index (χ3v) is 3.20. The molecule has 94 valence electrons. The molecule has 0 aliphatic carbocycles. The number of halogens is 1. The van der Waals surface area contributed by atoms with Gasteiger partial charge in [-0.3, -0.25) is 0 Å². The van der Waals surface area contributed by atoms with Gasteiger partial charge in [0.05, 0.1) is 10.6 Å². The molecule has 1 aliphatic rings. The van der Waals surface area contributed by atoms with Crippen LogP contribution in [-0.4, -0.2) is 16.7 Å². The molecule has 3 rings (SSSR count). The number of nitrogens with zero attached hydrogens (tertiary/aromatic N) is 2. The molecule has 0 spiro atoms. The third kappa shape index (κ3) is 2.07. The summed E-state index contributed by atoms with van der Waals surface area (Å²) in [6.07, 6.45) is 1.89. The van der Waals surface area contributed by atoms with E-state index in [4.69, 9.17) is 26.6 Å². The molecule has 2 aromatic rings. The molecule has 1 aromatic carbocycles. The molecule has 5 nitrogen and oxygen atoms in total. The van der Waals surface area contributed by atoms with Crippen molar-refractivity contribution < 1.29 is 9.26 Å². The average molecular weight is 266 g/mol. The van der Waals surface area contributed by atoms with Crippen molar-refractivity contribution in [3.63, 3.8) is 0 Å². The highest BCUT2D eigenvalue weighted by molar-refractivity contribution is 6.33. The second-order valence-electron chi connectivity index (χ2n) is 4.20. The molecule has 1 aliphatic heterocycles. The molecular formula is C12H12ClN3O2. The number of nitrogen functional groups attached to an aromatic ring is 1. The summed E-state index contributed by atoms with van der Waals surface area (Å²) in [5, 5.41) is 4.43. The van der Waals surface area contributed by atoms with Gasteiger partial charge in [-0.2, -0.15) is 4.98 Å². The van der Waals surface area contributed by atoms with Gasteiger partial charge in [-0.05, 0) is 31.0 Å². The minimum atomic E-state index is -0.0601. The van der Waals surface area contributed by atoms with Crippen LogP contribution in [-0.2, 0) is 4.74 Å². The fourth-order valence-electron chi connectivity index (χ4n) is 1.96. The summed E-state index contributed by atoms with van der Waals surface area (Å²) in [7, 11) is 0. The van der Waals surface area contributed by atoms with Crippen molar-refractivity contribution in [3.8, 4) is 11.5 Å². The maximum atomic E-state index is 6.09. The van der Waals surface area contributed by atoms with Gasteiger partial charge in [0.1, 0.15) is 6.10 Å². The van der Waals surface area contributed by atoms with Gasteiger partial charge in [0, 0.05) is 12.3 Å². The second-order valence-corrected chi connectivity index (χ2v) is 4.61. The van der Waals surface area contributed by atoms with E-state index in [-0.39, 0.29) is 6.10 Å². The SMILES string of the molecule is Nc1ccc(-c2nc(C3CCCO3)no2)c(Cl)c1. The van der Waals surface area contributed by atoms with E-state index in [2.05, 4.69) is 10.1 Å². The van der Waals surface area contributed by atoms with Crippen LogP contribution >= 0.6 is 11.6 Å². The number of ether oxygens (including phenoxy) is 1. The van der Waals surface area contributed by atoms with Crippen molar-refractivity contribution in [1.29, 1.82) is 0 Å². The largest absolute Gasteiger partial charge is 0.399 e. The Morgan fingerprint density at radius 1 is 1.39 bits per heavy atom. The van der Waals surface area contributed by atoms with Gasteiger partial charge >= 0.3 is 0 Å². The Kier molecular flexibility index (Phi) is 2.93. The van der Waals surface area contributed by atoms with Crippen LogP contribution in [0.5, 0.6) is 0 Å². The summed E-state index contributed by atoms with van der Waals surface area (Å²) in [4.78, 5) is 4.32. The molecule has 1 unspecified atom stereocenters. The zero-order valence-corrected chi connectivity index (χ0v) is 10.4. The van der Waals surface area contributed by atoms with Crippen LogP contribution in [0.3, 0.4) is 0 Å². The first-order valence-electron chi connectivity index (χ1n) is 5.74. The lowest BCUT2D eigenvalue weighted by Gasteiger charge is -2.01. The van der Waals surface area contributed by atoms with Gasteiger partial charge in [0.2, 0.25) is 5.82 Å². The Morgan fingerprint density at radius 3 is 3.00 bits per heavy atom. The van der Waals surface area contributed by atoms with E-state index in [9.17, 15) is 0 Å². The minimum Gasteiger partial charge on any atom is -0.399 e. The van der Waals surface area contributed by atoms with E-state index in [1.54, 1.807) is 18.2 Å². The van der Waals surface area contributed by atoms with E-state index in [0.29, 0.717) is 28.0 Å². The van der Waals surface area contributed by atoms with Crippen LogP contribution in [0, 0.1) is 0 Å². The van der Waals surface area contributed by atoms with Crippen LogP contribution in [0.2, 0.25) is 5.02 Å². The molecule has 2 N–H and O–H groups in total. The van der Waals surface area contributed by atoms with Gasteiger partial charge < -0.3 is 15.0 Å². The fourth-order valence-corrected chi connectivity index (χ4v) is 2.23. The molecule has 18 heavy (non-hydrogen) atoms. The molecule has 1 saturated heterocycles. The predicted octanol–water partition coefficient (Wildman–Crippen LogP) is 2.82. The van der Waals surface area contributed by atoms with E-state index in [0.717, 1.165) is 19.4 Å². The summed E-state index contributed by atoms with van der Waals surface area (Å²) in [5.74, 6) is 0.973. The Balaban J connectivity index is 1.92. The lowest BCUT2D eigenvalue weighted by Crippen LogP contribution is -1.97. The number of aromatic nitrogens is 2. The predicted molar refractivity (Wildman–Crippen MR) is 67.1 cm³/mol. The summed E-state index contributed by atoms with van der Waals surface area (Å²) in [6, 6.07) is 5.18. The Morgan fingerprint density at radius 2 is 2.28 bits per heavy atom. The maximum Gasteiger partial charge on any atom is 0.259 e. The van der Waals surface area contributed by atoms with Gasteiger partial charge in [0.15, 0.2) is 0 Å². The maximum absolute atomic E-state index is 6.09. The van der Waals surface area contributed by atoms with Crippen molar-refractivity contribution in [3.05, 3.63) is 29.0 Å². The number of hydrogen-bond donors (Lipinski definition) is 1. The molecule has 0 amide bonds. The highest BCUT2D eigenvalue weighted by atomic mass is 35.5. The van der Waals surface area contributed by atoms with Gasteiger partial charge in [-0.1, -0.05) is 16.8 Å². The van der Waals surface area contributed by atoms with Crippen molar-refractivity contribution >= 4 is 17.3 Å². The second kappa shape index (κ2) is 4.59. The molecule has 0 bridgehead atoms. The molecule has 6 heteroatoms. The highest BCUT2D eigenvalue weighted by Gasteiger charge is 2.24. The van der Waals surface area contributed by atoms with Crippen molar-refractivity contribution in [2.75, 3.05) is 12.3 Å². The summed E-state index contributed by atoms with van der Waals surface area (Å²) < 4.78 is 10.7. The zero-order chi connectivity index (χ0) is 12.5. The third-order valence-electron chi connectivity index (χ3n) is 2.88. The Hall–Kier alpha value is -1.59. The van der Waals surface area contributed by atoms with Crippen LogP contribution < -0.4 is 5.73 Å². The van der Waals surface area contributed by atoms with Crippen molar-refractivity contribution in [2.45, 2.75) is 18.9 Å². The minimum absolute atomic E-state index is 0.0601. The quantitative estimate of drug-likeness (QED) is 0.845. The van der Waals surface area contributed by atoms with E-state index in [1.165, 1.54) is 0 Å². The van der Waals surface area contributed by atoms with Crippen LogP contribution in [0.15, 0.2) is 22.7 Å². The van der Waals surface area contributed by atoms with Gasteiger partial charge in [0.25, 0.3) is 5.89 Å². The van der Waals surface area contributed by atoms with Crippen LogP contribution in [0.1, 0.15) is 24.8 Å². The molecule has 0 radical (unpaired) electrons. The number of benzene rings is 1. The van der Waals surface area contributed by atoms with Crippen molar-refractivity contribution in [1.82, 2.24) is 10.1 Å². The van der Waals surface area contributed by atoms with Crippen molar-refractivity contribution in [2.24, 2.45) is 0 Å². The van der Waals surface area contributed by atoms with Gasteiger partial charge in [-0.15, -0.1) is 0 Å². The first kappa shape index (κ1) is 11.5. The fraction of sp³-hybridized carbons (Fsp3) is 0.333. The average Bonchev–Trinajstić information content (AvgIpc) is 2.99. The molecular weight excluding hydrogens is 254 g/mol. The molecule has 1 fully saturated rings. The molecule has 1 atom stereocenters. The van der Waals surface area contributed by atoms with E-state index in [1.807, 2.05) is 0 Å². The Bertz CT molecular complexity index is 564. The normalized spacial score (nSPS) is 19.3. The number of rotatable bonds is 2. The standard InChI is InChI=1S/C12H12ClN3O2/c13-9-6-7(14)3-4-8(9)12-15-11(16-18-12)10-2-1-5-17-10/h3-4,6,10H,1-2,5,14H2. The number of hydrogen-bond acceptors (Lipinski definition) is 5. The number of anilines is 1. The lowest BCUT2D eigenvalue weighted by molar-refractivity contribution is 0.103.